The molecule has 252 valence electrons. The Morgan fingerprint density at radius 2 is 1.72 bits per heavy atom. The largest absolute Gasteiger partial charge is 0.494 e. The topological polar surface area (TPSA) is 59.8 Å². The van der Waals surface area contributed by atoms with Gasteiger partial charge in [0.25, 0.3) is 5.56 Å². The van der Waals surface area contributed by atoms with Crippen molar-refractivity contribution < 1.29 is 9.47 Å². The zero-order valence-corrected chi connectivity index (χ0v) is 29.5. The van der Waals surface area contributed by atoms with Crippen LogP contribution in [-0.2, 0) is 24.9 Å². The molecule has 46 heavy (non-hydrogen) atoms. The minimum Gasteiger partial charge on any atom is -0.494 e. The maximum atomic E-state index is 11.9. The molecule has 1 aliphatic rings. The first-order chi connectivity index (χ1) is 21.0. The zero-order valence-electron chi connectivity index (χ0n) is 27.0. The van der Waals surface area contributed by atoms with E-state index in [9.17, 15) is 4.79 Å². The van der Waals surface area contributed by atoms with Crippen LogP contribution in [0.1, 0.15) is 48.8 Å². The van der Waals surface area contributed by atoms with Gasteiger partial charge in [-0.1, -0.05) is 30.3 Å². The average molecular weight is 692 g/mol. The number of aryl methyl sites for hydroxylation is 2. The second-order valence-corrected chi connectivity index (χ2v) is 11.8. The zero-order chi connectivity index (χ0) is 29.9. The van der Waals surface area contributed by atoms with Gasteiger partial charge in [0, 0.05) is 63.6 Å². The number of ether oxygens (including phenoxy) is 2. The van der Waals surface area contributed by atoms with Crippen LogP contribution in [0, 0.1) is 6.92 Å². The standard InChI is InChI=1S/C36H46N4O3.3ClH/c1-29-9-4-5-11-32(29)27-40(23-22-39-20-16-33(17-21-39)43-28-30-10-8-18-37-26-30)19-6-3-7-24-42-34-13-14-35-31(25-34)12-15-36(41)38(35)2;;;/h4-5,8-15,18,25-26,33H,3,6-7,16-17,19-24,27-28H2,1-2H3;3*1H. The predicted octanol–water partition coefficient (Wildman–Crippen LogP) is 7.24. The fraction of sp³-hybridized carbons (Fsp3) is 0.444. The first-order valence-electron chi connectivity index (χ1n) is 15.8. The fourth-order valence-electron chi connectivity index (χ4n) is 5.84. The molecule has 7 nitrogen and oxygen atoms in total. The number of unbranched alkanes of at least 4 members (excludes halogenated alkanes) is 2. The van der Waals surface area contributed by atoms with E-state index in [2.05, 4.69) is 52.0 Å². The third-order valence-electron chi connectivity index (χ3n) is 8.61. The minimum absolute atomic E-state index is 0. The van der Waals surface area contributed by atoms with E-state index in [0.717, 1.165) is 93.6 Å². The van der Waals surface area contributed by atoms with Gasteiger partial charge < -0.3 is 18.9 Å². The Kier molecular flexibility index (Phi) is 17.7. The smallest absolute Gasteiger partial charge is 0.250 e. The van der Waals surface area contributed by atoms with Gasteiger partial charge in [0.15, 0.2) is 0 Å². The summed E-state index contributed by atoms with van der Waals surface area (Å²) in [4.78, 5) is 21.3. The van der Waals surface area contributed by atoms with E-state index in [4.69, 9.17) is 9.47 Å². The quantitative estimate of drug-likeness (QED) is 0.123. The van der Waals surface area contributed by atoms with Crippen molar-refractivity contribution in [2.45, 2.75) is 58.3 Å². The predicted molar refractivity (Wildman–Crippen MR) is 195 cm³/mol. The summed E-state index contributed by atoms with van der Waals surface area (Å²) in [7, 11) is 1.80. The Balaban J connectivity index is 0.00000245. The third-order valence-corrected chi connectivity index (χ3v) is 8.61. The molecule has 2 aromatic carbocycles. The van der Waals surface area contributed by atoms with Crippen molar-refractivity contribution >= 4 is 48.1 Å². The molecule has 0 bridgehead atoms. The van der Waals surface area contributed by atoms with E-state index < -0.39 is 0 Å². The number of piperidine rings is 1. The normalized spacial score (nSPS) is 13.5. The van der Waals surface area contributed by atoms with Crippen LogP contribution in [0.3, 0.4) is 0 Å². The highest BCUT2D eigenvalue weighted by molar-refractivity contribution is 5.86. The highest BCUT2D eigenvalue weighted by Gasteiger charge is 2.20. The fourth-order valence-corrected chi connectivity index (χ4v) is 5.84. The molecule has 0 radical (unpaired) electrons. The van der Waals surface area contributed by atoms with E-state index in [1.165, 1.54) is 11.1 Å². The maximum absolute atomic E-state index is 11.9. The van der Waals surface area contributed by atoms with Crippen LogP contribution in [0.2, 0.25) is 0 Å². The molecule has 0 unspecified atom stereocenters. The maximum Gasteiger partial charge on any atom is 0.250 e. The summed E-state index contributed by atoms with van der Waals surface area (Å²) in [5.74, 6) is 0.860. The molecular weight excluding hydrogens is 643 g/mol. The Hall–Kier alpha value is -2.65. The van der Waals surface area contributed by atoms with Gasteiger partial charge in [-0.15, -0.1) is 37.2 Å². The Morgan fingerprint density at radius 3 is 2.48 bits per heavy atom. The van der Waals surface area contributed by atoms with Gasteiger partial charge in [-0.25, -0.2) is 0 Å². The first-order valence-corrected chi connectivity index (χ1v) is 15.8. The number of benzene rings is 2. The SMILES string of the molecule is Cc1ccccc1CN(CCCCCOc1ccc2c(ccc(=O)n2C)c1)CCN1CCC(OCc2cccnc2)CC1.Cl.Cl.Cl. The summed E-state index contributed by atoms with van der Waals surface area (Å²) in [5.41, 5.74) is 4.85. The highest BCUT2D eigenvalue weighted by atomic mass is 35.5. The van der Waals surface area contributed by atoms with Crippen molar-refractivity contribution in [3.63, 3.8) is 0 Å². The summed E-state index contributed by atoms with van der Waals surface area (Å²) >= 11 is 0. The summed E-state index contributed by atoms with van der Waals surface area (Å²) in [6, 6.07) is 22.2. The van der Waals surface area contributed by atoms with E-state index >= 15 is 0 Å². The molecule has 3 heterocycles. The van der Waals surface area contributed by atoms with Crippen molar-refractivity contribution in [3.8, 4) is 5.75 Å². The number of nitrogens with zero attached hydrogens (tertiary/aromatic N) is 4. The van der Waals surface area contributed by atoms with E-state index in [1.807, 2.05) is 36.5 Å². The monoisotopic (exact) mass is 690 g/mol. The molecule has 0 aliphatic carbocycles. The van der Waals surface area contributed by atoms with Crippen LogP contribution >= 0.6 is 37.2 Å². The average Bonchev–Trinajstić information content (AvgIpc) is 3.04. The molecule has 1 fully saturated rings. The van der Waals surface area contributed by atoms with Crippen LogP contribution < -0.4 is 10.3 Å². The van der Waals surface area contributed by atoms with Crippen molar-refractivity contribution in [3.05, 3.63) is 106 Å². The molecule has 5 rings (SSSR count). The number of hydrogen-bond acceptors (Lipinski definition) is 6. The van der Waals surface area contributed by atoms with Gasteiger partial charge in [-0.3, -0.25) is 14.7 Å². The number of halogens is 3. The summed E-state index contributed by atoms with van der Waals surface area (Å²) in [6.07, 6.45) is 9.52. The lowest BCUT2D eigenvalue weighted by Crippen LogP contribution is -2.41. The van der Waals surface area contributed by atoms with Gasteiger partial charge in [0.05, 0.1) is 24.8 Å². The second-order valence-electron chi connectivity index (χ2n) is 11.8. The number of aromatic nitrogens is 2. The Bertz CT molecular complexity index is 1500. The van der Waals surface area contributed by atoms with Crippen molar-refractivity contribution in [1.82, 2.24) is 19.4 Å². The molecule has 0 N–H and O–H groups in total. The molecule has 4 aromatic rings. The van der Waals surface area contributed by atoms with Crippen LogP contribution in [0.25, 0.3) is 10.9 Å². The van der Waals surface area contributed by atoms with Crippen LogP contribution in [0.4, 0.5) is 0 Å². The van der Waals surface area contributed by atoms with Crippen LogP contribution in [-0.4, -0.2) is 64.8 Å². The third kappa shape index (κ3) is 11.9. The summed E-state index contributed by atoms with van der Waals surface area (Å²) < 4.78 is 13.9. The molecule has 1 aliphatic heterocycles. The number of hydrogen-bond donors (Lipinski definition) is 0. The lowest BCUT2D eigenvalue weighted by Gasteiger charge is -2.33. The number of rotatable bonds is 15. The summed E-state index contributed by atoms with van der Waals surface area (Å²) in [5, 5.41) is 1.02. The van der Waals surface area contributed by atoms with Crippen molar-refractivity contribution in [1.29, 1.82) is 0 Å². The molecule has 2 aromatic heterocycles. The number of fused-ring (bicyclic) bond motifs is 1. The van der Waals surface area contributed by atoms with E-state index in [-0.39, 0.29) is 42.8 Å². The van der Waals surface area contributed by atoms with Gasteiger partial charge in [-0.2, -0.15) is 0 Å². The molecule has 0 saturated carbocycles. The molecule has 0 amide bonds. The highest BCUT2D eigenvalue weighted by Crippen LogP contribution is 2.20. The molecule has 1 saturated heterocycles. The van der Waals surface area contributed by atoms with E-state index in [1.54, 1.807) is 23.9 Å². The van der Waals surface area contributed by atoms with Crippen molar-refractivity contribution in [2.24, 2.45) is 7.05 Å². The first kappa shape index (κ1) is 39.5. The molecule has 0 spiro atoms. The lowest BCUT2D eigenvalue weighted by molar-refractivity contribution is -0.00404. The van der Waals surface area contributed by atoms with Gasteiger partial charge in [0.2, 0.25) is 0 Å². The second kappa shape index (κ2) is 20.6. The van der Waals surface area contributed by atoms with Gasteiger partial charge >= 0.3 is 0 Å². The Morgan fingerprint density at radius 1 is 0.913 bits per heavy atom. The number of pyridine rings is 2. The Labute approximate surface area is 292 Å². The molecule has 10 heteroatoms. The van der Waals surface area contributed by atoms with Gasteiger partial charge in [0.1, 0.15) is 5.75 Å². The van der Waals surface area contributed by atoms with Crippen molar-refractivity contribution in [2.75, 3.05) is 39.3 Å². The van der Waals surface area contributed by atoms with Gasteiger partial charge in [-0.05, 0) is 92.6 Å². The molecular formula is C36H49Cl3N4O3. The van der Waals surface area contributed by atoms with Crippen LogP contribution in [0.5, 0.6) is 5.75 Å². The van der Waals surface area contributed by atoms with Crippen LogP contribution in [0.15, 0.2) is 83.9 Å². The minimum atomic E-state index is 0. The lowest BCUT2D eigenvalue weighted by atomic mass is 10.1. The molecule has 0 atom stereocenters. The van der Waals surface area contributed by atoms with E-state index in [0.29, 0.717) is 19.3 Å². The number of likely N-dealkylation sites (tertiary alicyclic amines) is 1. The summed E-state index contributed by atoms with van der Waals surface area (Å²) in [6.45, 7) is 10.0.